The number of hydrogen-bond donors (Lipinski definition) is 2. The molecule has 19 heavy (non-hydrogen) atoms. The lowest BCUT2D eigenvalue weighted by molar-refractivity contribution is 0.0911. The van der Waals surface area contributed by atoms with Crippen LogP contribution < -0.4 is 5.32 Å². The van der Waals surface area contributed by atoms with Crippen molar-refractivity contribution < 1.29 is 9.90 Å². The third-order valence-electron chi connectivity index (χ3n) is 2.86. The van der Waals surface area contributed by atoms with E-state index in [1.54, 1.807) is 18.5 Å². The van der Waals surface area contributed by atoms with E-state index in [9.17, 15) is 4.79 Å². The number of carbonyl (C=O) groups excluding carboxylic acids is 1. The zero-order chi connectivity index (χ0) is 14.3. The molecule has 0 unspecified atom stereocenters. The van der Waals surface area contributed by atoms with Gasteiger partial charge in [-0.3, -0.25) is 9.78 Å². The van der Waals surface area contributed by atoms with Crippen molar-refractivity contribution in [2.45, 2.75) is 39.2 Å². The van der Waals surface area contributed by atoms with Crippen LogP contribution in [0.2, 0.25) is 0 Å². The Morgan fingerprint density at radius 3 is 2.89 bits per heavy atom. The number of aliphatic hydroxyl groups excluding tert-OH is 1. The van der Waals surface area contributed by atoms with Gasteiger partial charge in [0, 0.05) is 24.4 Å². The molecular formula is C15H20N2O2. The molecule has 4 nitrogen and oxygen atoms in total. The fourth-order valence-corrected chi connectivity index (χ4v) is 1.37. The highest BCUT2D eigenvalue weighted by molar-refractivity contribution is 5.96. The van der Waals surface area contributed by atoms with E-state index < -0.39 is 0 Å². The van der Waals surface area contributed by atoms with Gasteiger partial charge in [0.25, 0.3) is 5.91 Å². The summed E-state index contributed by atoms with van der Waals surface area (Å²) in [5, 5.41) is 11.7. The van der Waals surface area contributed by atoms with E-state index in [0.717, 1.165) is 6.42 Å². The van der Waals surface area contributed by atoms with E-state index in [0.29, 0.717) is 17.5 Å². The molecule has 0 aliphatic carbocycles. The zero-order valence-corrected chi connectivity index (χ0v) is 11.7. The molecular weight excluding hydrogens is 240 g/mol. The first-order valence-electron chi connectivity index (χ1n) is 6.36. The van der Waals surface area contributed by atoms with Gasteiger partial charge in [0.05, 0.1) is 17.7 Å². The summed E-state index contributed by atoms with van der Waals surface area (Å²) in [6, 6.07) is 1.66. The highest BCUT2D eigenvalue weighted by Crippen LogP contribution is 2.11. The second kappa shape index (κ2) is 6.91. The normalized spacial score (nSPS) is 10.5. The lowest BCUT2D eigenvalue weighted by atomic mass is 10.0. The molecule has 0 fully saturated rings. The third-order valence-corrected chi connectivity index (χ3v) is 2.86. The number of nitrogens with one attached hydrogen (secondary N) is 1. The number of nitrogens with zero attached hydrogens (tertiary/aromatic N) is 1. The Morgan fingerprint density at radius 1 is 1.53 bits per heavy atom. The molecule has 1 heterocycles. The van der Waals surface area contributed by atoms with Crippen LogP contribution in [0.3, 0.4) is 0 Å². The van der Waals surface area contributed by atoms with Crippen LogP contribution in [0.4, 0.5) is 0 Å². The SMILES string of the molecule is CCC(C)(C)NC(=O)c1ccncc1C#CCCO. The monoisotopic (exact) mass is 260 g/mol. The van der Waals surface area contributed by atoms with E-state index in [-0.39, 0.29) is 18.1 Å². The van der Waals surface area contributed by atoms with Gasteiger partial charge < -0.3 is 10.4 Å². The van der Waals surface area contributed by atoms with Crippen LogP contribution in [0.15, 0.2) is 18.5 Å². The first-order chi connectivity index (χ1) is 9.00. The molecule has 2 N–H and O–H groups in total. The van der Waals surface area contributed by atoms with Crippen LogP contribution in [0, 0.1) is 11.8 Å². The van der Waals surface area contributed by atoms with Crippen LogP contribution in [-0.4, -0.2) is 28.1 Å². The van der Waals surface area contributed by atoms with E-state index in [1.807, 2.05) is 20.8 Å². The molecule has 0 saturated carbocycles. The molecule has 1 aromatic rings. The highest BCUT2D eigenvalue weighted by atomic mass is 16.2. The first kappa shape index (κ1) is 15.2. The number of carbonyl (C=O) groups is 1. The van der Waals surface area contributed by atoms with E-state index in [1.165, 1.54) is 0 Å². The molecule has 0 aliphatic heterocycles. The average molecular weight is 260 g/mol. The molecule has 1 amide bonds. The average Bonchev–Trinajstić information content (AvgIpc) is 2.39. The van der Waals surface area contributed by atoms with Crippen molar-refractivity contribution in [3.05, 3.63) is 29.6 Å². The van der Waals surface area contributed by atoms with Crippen LogP contribution in [0.25, 0.3) is 0 Å². The summed E-state index contributed by atoms with van der Waals surface area (Å²) in [5.41, 5.74) is 0.846. The summed E-state index contributed by atoms with van der Waals surface area (Å²) in [6.45, 7) is 5.98. The van der Waals surface area contributed by atoms with E-state index in [4.69, 9.17) is 5.11 Å². The number of rotatable bonds is 4. The van der Waals surface area contributed by atoms with Gasteiger partial charge >= 0.3 is 0 Å². The molecule has 0 atom stereocenters. The number of aliphatic hydroxyl groups is 1. The summed E-state index contributed by atoms with van der Waals surface area (Å²) in [7, 11) is 0. The molecule has 4 heteroatoms. The van der Waals surface area contributed by atoms with Crippen molar-refractivity contribution in [2.24, 2.45) is 0 Å². The molecule has 0 aromatic carbocycles. The Bertz CT molecular complexity index is 498. The smallest absolute Gasteiger partial charge is 0.253 e. The first-order valence-corrected chi connectivity index (χ1v) is 6.36. The minimum atomic E-state index is -0.254. The van der Waals surface area contributed by atoms with Gasteiger partial charge in [-0.1, -0.05) is 18.8 Å². The molecule has 102 valence electrons. The van der Waals surface area contributed by atoms with Crippen molar-refractivity contribution in [3.63, 3.8) is 0 Å². The minimum Gasteiger partial charge on any atom is -0.395 e. The minimum absolute atomic E-state index is 0.0116. The number of aromatic nitrogens is 1. The predicted molar refractivity (Wildman–Crippen MR) is 74.7 cm³/mol. The summed E-state index contributed by atoms with van der Waals surface area (Å²) >= 11 is 0. The van der Waals surface area contributed by atoms with Gasteiger partial charge in [0.15, 0.2) is 0 Å². The summed E-state index contributed by atoms with van der Waals surface area (Å²) in [5.74, 6) is 5.52. The Morgan fingerprint density at radius 2 is 2.26 bits per heavy atom. The highest BCUT2D eigenvalue weighted by Gasteiger charge is 2.20. The molecule has 0 spiro atoms. The fraction of sp³-hybridized carbons (Fsp3) is 0.467. The van der Waals surface area contributed by atoms with E-state index >= 15 is 0 Å². The standard InChI is InChI=1S/C15H20N2O2/c1-4-15(2,3)17-14(19)13-8-9-16-11-12(13)7-5-6-10-18/h8-9,11,18H,4,6,10H2,1-3H3,(H,17,19). The van der Waals surface area contributed by atoms with Crippen molar-refractivity contribution in [3.8, 4) is 11.8 Å². The quantitative estimate of drug-likeness (QED) is 0.810. The molecule has 0 aliphatic rings. The maximum absolute atomic E-state index is 12.2. The van der Waals surface area contributed by atoms with Crippen LogP contribution in [0.5, 0.6) is 0 Å². The fourth-order valence-electron chi connectivity index (χ4n) is 1.37. The summed E-state index contributed by atoms with van der Waals surface area (Å²) in [6.07, 6.45) is 4.37. The van der Waals surface area contributed by atoms with Gasteiger partial charge in [0.1, 0.15) is 0 Å². The number of amides is 1. The van der Waals surface area contributed by atoms with Crippen molar-refractivity contribution >= 4 is 5.91 Å². The molecule has 0 radical (unpaired) electrons. The van der Waals surface area contributed by atoms with Gasteiger partial charge in [0.2, 0.25) is 0 Å². The zero-order valence-electron chi connectivity index (χ0n) is 11.7. The lowest BCUT2D eigenvalue weighted by Crippen LogP contribution is -2.43. The molecule has 0 bridgehead atoms. The predicted octanol–water partition coefficient (Wildman–Crippen LogP) is 1.73. The Kier molecular flexibility index (Phi) is 5.53. The topological polar surface area (TPSA) is 62.2 Å². The summed E-state index contributed by atoms with van der Waals surface area (Å²) in [4.78, 5) is 16.2. The van der Waals surface area contributed by atoms with Crippen LogP contribution in [0.1, 0.15) is 49.5 Å². The van der Waals surface area contributed by atoms with Gasteiger partial charge in [-0.2, -0.15) is 0 Å². The van der Waals surface area contributed by atoms with Crippen LogP contribution >= 0.6 is 0 Å². The van der Waals surface area contributed by atoms with E-state index in [2.05, 4.69) is 22.1 Å². The Balaban J connectivity index is 2.95. The van der Waals surface area contributed by atoms with Crippen molar-refractivity contribution in [1.29, 1.82) is 0 Å². The number of hydrogen-bond acceptors (Lipinski definition) is 3. The van der Waals surface area contributed by atoms with Gasteiger partial charge in [-0.05, 0) is 26.3 Å². The molecule has 0 saturated heterocycles. The Hall–Kier alpha value is -1.86. The lowest BCUT2D eigenvalue weighted by Gasteiger charge is -2.24. The molecule has 1 aromatic heterocycles. The second-order valence-electron chi connectivity index (χ2n) is 4.89. The Labute approximate surface area is 114 Å². The second-order valence-corrected chi connectivity index (χ2v) is 4.89. The largest absolute Gasteiger partial charge is 0.395 e. The van der Waals surface area contributed by atoms with Gasteiger partial charge in [-0.15, -0.1) is 0 Å². The van der Waals surface area contributed by atoms with Crippen molar-refractivity contribution in [1.82, 2.24) is 10.3 Å². The number of pyridine rings is 1. The third kappa shape index (κ3) is 4.72. The van der Waals surface area contributed by atoms with Crippen LogP contribution in [-0.2, 0) is 0 Å². The molecule has 1 rings (SSSR count). The maximum atomic E-state index is 12.2. The summed E-state index contributed by atoms with van der Waals surface area (Å²) < 4.78 is 0. The van der Waals surface area contributed by atoms with Gasteiger partial charge in [-0.25, -0.2) is 0 Å². The van der Waals surface area contributed by atoms with Crippen molar-refractivity contribution in [2.75, 3.05) is 6.61 Å². The maximum Gasteiger partial charge on any atom is 0.253 e.